The zero-order valence-electron chi connectivity index (χ0n) is 19.2. The molecule has 1 aromatic carbocycles. The number of alkyl halides is 3. The first-order valence-corrected chi connectivity index (χ1v) is 11.1. The first kappa shape index (κ1) is 23.8. The number of carbonyl (C=O) groups is 1. The highest BCUT2D eigenvalue weighted by Crippen LogP contribution is 2.41. The van der Waals surface area contributed by atoms with E-state index < -0.39 is 23.4 Å². The second-order valence-corrected chi connectivity index (χ2v) is 9.41. The van der Waals surface area contributed by atoms with Crippen molar-refractivity contribution in [3.8, 4) is 17.0 Å². The smallest absolute Gasteiger partial charge is 0.419 e. The third-order valence-corrected chi connectivity index (χ3v) is 5.67. The van der Waals surface area contributed by atoms with Crippen LogP contribution in [0.5, 0.6) is 5.75 Å². The number of rotatable bonds is 8. The molecule has 4 rings (SSSR count). The minimum atomic E-state index is -4.67. The molecule has 2 heterocycles. The van der Waals surface area contributed by atoms with Gasteiger partial charge in [0, 0.05) is 23.7 Å². The number of aromatic nitrogens is 3. The highest BCUT2D eigenvalue weighted by molar-refractivity contribution is 5.66. The topological polar surface area (TPSA) is 91.7 Å². The van der Waals surface area contributed by atoms with Crippen LogP contribution in [0.2, 0.25) is 0 Å². The predicted octanol–water partition coefficient (Wildman–Crippen LogP) is 5.57. The van der Waals surface area contributed by atoms with Gasteiger partial charge in [0.1, 0.15) is 18.0 Å². The van der Waals surface area contributed by atoms with Gasteiger partial charge < -0.3 is 15.2 Å². The van der Waals surface area contributed by atoms with Gasteiger partial charge in [0.05, 0.1) is 17.0 Å². The van der Waals surface area contributed by atoms with Crippen molar-refractivity contribution in [3.63, 3.8) is 0 Å². The van der Waals surface area contributed by atoms with Crippen molar-refractivity contribution in [2.24, 2.45) is 11.7 Å². The van der Waals surface area contributed by atoms with E-state index in [0.29, 0.717) is 29.2 Å². The van der Waals surface area contributed by atoms with Crippen LogP contribution in [0.3, 0.4) is 0 Å². The average molecular weight is 476 g/mol. The summed E-state index contributed by atoms with van der Waals surface area (Å²) in [6, 6.07) is 7.37. The van der Waals surface area contributed by atoms with Crippen LogP contribution in [-0.4, -0.2) is 32.9 Å². The molecule has 2 N–H and O–H groups in total. The van der Waals surface area contributed by atoms with E-state index in [9.17, 15) is 18.0 Å². The van der Waals surface area contributed by atoms with Crippen molar-refractivity contribution in [2.45, 2.75) is 57.7 Å². The maximum Gasteiger partial charge on any atom is 0.419 e. The van der Waals surface area contributed by atoms with E-state index in [1.807, 2.05) is 19.9 Å². The highest BCUT2D eigenvalue weighted by atomic mass is 19.4. The lowest BCUT2D eigenvalue weighted by atomic mass is 9.95. The molecule has 1 saturated carbocycles. The summed E-state index contributed by atoms with van der Waals surface area (Å²) in [6.07, 6.45) is -1.65. The van der Waals surface area contributed by atoms with Crippen molar-refractivity contribution < 1.29 is 27.4 Å². The van der Waals surface area contributed by atoms with Crippen molar-refractivity contribution >= 4 is 11.7 Å². The van der Waals surface area contributed by atoms with Crippen molar-refractivity contribution in [1.82, 2.24) is 14.6 Å². The summed E-state index contributed by atoms with van der Waals surface area (Å²) in [5.41, 5.74) is 5.37. The molecular formula is C24H27F3N4O3. The number of hydrogen-bond donors (Lipinski definition) is 1. The third-order valence-electron chi connectivity index (χ3n) is 5.67. The number of primary amides is 1. The van der Waals surface area contributed by atoms with Crippen LogP contribution in [0.15, 0.2) is 36.5 Å². The Morgan fingerprint density at radius 1 is 1.24 bits per heavy atom. The summed E-state index contributed by atoms with van der Waals surface area (Å²) < 4.78 is 54.3. The molecule has 3 aromatic rings. The van der Waals surface area contributed by atoms with Gasteiger partial charge in [-0.1, -0.05) is 13.8 Å². The number of nitrogens with zero attached hydrogens (tertiary/aromatic N) is 3. The van der Waals surface area contributed by atoms with E-state index in [-0.39, 0.29) is 18.3 Å². The molecule has 2 aromatic heterocycles. The van der Waals surface area contributed by atoms with Gasteiger partial charge in [-0.25, -0.2) is 14.3 Å². The van der Waals surface area contributed by atoms with Crippen LogP contribution in [0.1, 0.15) is 57.2 Å². The first-order chi connectivity index (χ1) is 15.9. The number of nitrogens with two attached hydrogens (primary N) is 1. The average Bonchev–Trinajstić information content (AvgIpc) is 3.48. The summed E-state index contributed by atoms with van der Waals surface area (Å²) in [4.78, 5) is 15.6. The lowest BCUT2D eigenvalue weighted by Gasteiger charge is -2.30. The van der Waals surface area contributed by atoms with Crippen molar-refractivity contribution in [3.05, 3.63) is 47.8 Å². The molecule has 0 saturated heterocycles. The molecule has 1 aliphatic rings. The number of ether oxygens (including phenoxy) is 2. The molecule has 1 fully saturated rings. The zero-order chi connectivity index (χ0) is 24.7. The molecule has 10 heteroatoms. The van der Waals surface area contributed by atoms with Crippen LogP contribution in [0, 0.1) is 5.92 Å². The number of fused-ring (bicyclic) bond motifs is 1. The Kier molecular flexibility index (Phi) is 6.18. The van der Waals surface area contributed by atoms with E-state index in [0.717, 1.165) is 24.6 Å². The van der Waals surface area contributed by atoms with Gasteiger partial charge in [0.2, 0.25) is 0 Å². The minimum absolute atomic E-state index is 0.0983. The van der Waals surface area contributed by atoms with E-state index >= 15 is 0 Å². The molecule has 0 aliphatic heterocycles. The Balaban J connectivity index is 1.67. The predicted molar refractivity (Wildman–Crippen MR) is 119 cm³/mol. The monoisotopic (exact) mass is 476 g/mol. The maximum atomic E-state index is 14.0. The summed E-state index contributed by atoms with van der Waals surface area (Å²) in [6.45, 7) is 5.11. The molecule has 1 amide bonds. The number of benzene rings is 1. The van der Waals surface area contributed by atoms with E-state index in [2.05, 4.69) is 10.1 Å². The highest BCUT2D eigenvalue weighted by Gasteiger charge is 2.37. The molecule has 1 aliphatic carbocycles. The summed E-state index contributed by atoms with van der Waals surface area (Å²) in [5.74, 6) is 0.128. The first-order valence-electron chi connectivity index (χ1n) is 11.1. The van der Waals surface area contributed by atoms with Gasteiger partial charge in [0.25, 0.3) is 0 Å². The molecule has 7 nitrogen and oxygen atoms in total. The third kappa shape index (κ3) is 5.26. The Hall–Kier alpha value is -3.30. The number of amides is 1. The van der Waals surface area contributed by atoms with E-state index in [4.69, 9.17) is 15.2 Å². The van der Waals surface area contributed by atoms with Crippen LogP contribution in [0.4, 0.5) is 18.0 Å². The summed E-state index contributed by atoms with van der Waals surface area (Å²) in [7, 11) is 0. The largest absolute Gasteiger partial charge is 0.489 e. The molecule has 1 unspecified atom stereocenters. The second kappa shape index (κ2) is 8.81. The Labute approximate surface area is 195 Å². The standard InChI is InChI=1S/C24H27F3N4O3/c1-14(2)12-23(3,34-22(28)32)13-33-20-7-6-16(10-17(20)24(25,26)27)19-8-9-29-21-11-18(15-4-5-15)30-31(19)21/h6-11,14-15H,4-5,12-13H2,1-3H3,(H2,28,32). The SMILES string of the molecule is CC(C)CC(C)(COc1ccc(-c2ccnc3cc(C4CC4)nn23)cc1C(F)(F)F)OC(N)=O. The van der Waals surface area contributed by atoms with E-state index in [1.165, 1.54) is 6.07 Å². The van der Waals surface area contributed by atoms with Gasteiger partial charge in [-0.05, 0) is 56.4 Å². The van der Waals surface area contributed by atoms with Gasteiger partial charge in [-0.15, -0.1) is 0 Å². The summed E-state index contributed by atoms with van der Waals surface area (Å²) >= 11 is 0. The van der Waals surface area contributed by atoms with Crippen LogP contribution >= 0.6 is 0 Å². The zero-order valence-corrected chi connectivity index (χ0v) is 19.2. The maximum absolute atomic E-state index is 14.0. The Morgan fingerprint density at radius 2 is 1.97 bits per heavy atom. The fourth-order valence-corrected chi connectivity index (χ4v) is 4.21. The molecule has 0 bridgehead atoms. The van der Waals surface area contributed by atoms with Crippen LogP contribution < -0.4 is 10.5 Å². The quantitative estimate of drug-likeness (QED) is 0.459. The number of halogens is 3. The lowest BCUT2D eigenvalue weighted by Crippen LogP contribution is -2.41. The lowest BCUT2D eigenvalue weighted by molar-refractivity contribution is -0.139. The van der Waals surface area contributed by atoms with Gasteiger partial charge in [0.15, 0.2) is 5.65 Å². The van der Waals surface area contributed by atoms with Gasteiger partial charge in [-0.2, -0.15) is 18.3 Å². The minimum Gasteiger partial charge on any atom is -0.489 e. The van der Waals surface area contributed by atoms with E-state index in [1.54, 1.807) is 29.8 Å². The number of hydrogen-bond acceptors (Lipinski definition) is 5. The number of carbonyl (C=O) groups excluding carboxylic acids is 1. The Bertz CT molecular complexity index is 1200. The summed E-state index contributed by atoms with van der Waals surface area (Å²) in [5, 5.41) is 4.57. The molecule has 0 spiro atoms. The molecule has 34 heavy (non-hydrogen) atoms. The second-order valence-electron chi connectivity index (χ2n) is 9.41. The fourth-order valence-electron chi connectivity index (χ4n) is 4.21. The molecular weight excluding hydrogens is 449 g/mol. The van der Waals surface area contributed by atoms with Crippen molar-refractivity contribution in [2.75, 3.05) is 6.61 Å². The van der Waals surface area contributed by atoms with Crippen LogP contribution in [0.25, 0.3) is 16.9 Å². The fraction of sp³-hybridized carbons (Fsp3) is 0.458. The Morgan fingerprint density at radius 3 is 2.59 bits per heavy atom. The molecule has 0 radical (unpaired) electrons. The van der Waals surface area contributed by atoms with Crippen molar-refractivity contribution in [1.29, 1.82) is 0 Å². The van der Waals surface area contributed by atoms with Gasteiger partial charge in [-0.3, -0.25) is 0 Å². The van der Waals surface area contributed by atoms with Gasteiger partial charge >= 0.3 is 12.3 Å². The molecule has 182 valence electrons. The normalized spacial score (nSPS) is 16.0. The molecule has 1 atom stereocenters. The van der Waals surface area contributed by atoms with Crippen LogP contribution in [-0.2, 0) is 10.9 Å².